The van der Waals surface area contributed by atoms with E-state index >= 15 is 0 Å². The second kappa shape index (κ2) is 8.97. The van der Waals surface area contributed by atoms with Crippen molar-refractivity contribution in [3.8, 4) is 0 Å². The number of aliphatic imine (C=N–C) groups is 1. The predicted octanol–water partition coefficient (Wildman–Crippen LogP) is 3.54. The van der Waals surface area contributed by atoms with E-state index in [4.69, 9.17) is 0 Å². The summed E-state index contributed by atoms with van der Waals surface area (Å²) in [7, 11) is 1.79. The zero-order valence-corrected chi connectivity index (χ0v) is 14.9. The zero-order valence-electron chi connectivity index (χ0n) is 11.7. The van der Waals surface area contributed by atoms with E-state index < -0.39 is 0 Å². The number of nitrogens with zero attached hydrogens (tertiary/aromatic N) is 1. The van der Waals surface area contributed by atoms with Crippen molar-refractivity contribution >= 4 is 41.3 Å². The first-order chi connectivity index (χ1) is 9.28. The summed E-state index contributed by atoms with van der Waals surface area (Å²) >= 11 is 1.71. The molecule has 0 atom stereocenters. The first-order valence-electron chi connectivity index (χ1n) is 6.29. The van der Waals surface area contributed by atoms with Gasteiger partial charge < -0.3 is 10.6 Å². The van der Waals surface area contributed by atoms with Gasteiger partial charge in [-0.2, -0.15) is 11.3 Å². The average molecular weight is 401 g/mol. The van der Waals surface area contributed by atoms with Crippen molar-refractivity contribution in [2.45, 2.75) is 20.0 Å². The average Bonchev–Trinajstić information content (AvgIpc) is 2.94. The summed E-state index contributed by atoms with van der Waals surface area (Å²) in [6.45, 7) is 3.68. The molecule has 0 spiro atoms. The van der Waals surface area contributed by atoms with E-state index in [0.717, 1.165) is 19.0 Å². The Morgan fingerprint density at radius 2 is 1.70 bits per heavy atom. The molecule has 0 bridgehead atoms. The van der Waals surface area contributed by atoms with E-state index in [2.05, 4.69) is 63.6 Å². The monoisotopic (exact) mass is 401 g/mol. The molecule has 3 nitrogen and oxygen atoms in total. The molecule has 5 heteroatoms. The summed E-state index contributed by atoms with van der Waals surface area (Å²) in [5, 5.41) is 10.8. The summed E-state index contributed by atoms with van der Waals surface area (Å²) in [5.74, 6) is 0.826. The van der Waals surface area contributed by atoms with Crippen LogP contribution < -0.4 is 10.6 Å². The van der Waals surface area contributed by atoms with Gasteiger partial charge in [0.25, 0.3) is 0 Å². The number of rotatable bonds is 4. The lowest BCUT2D eigenvalue weighted by atomic mass is 10.1. The molecule has 2 aromatic rings. The number of aryl methyl sites for hydroxylation is 1. The number of thiophene rings is 1. The maximum absolute atomic E-state index is 4.22. The third-order valence-corrected chi connectivity index (χ3v) is 3.58. The number of guanidine groups is 1. The number of benzene rings is 1. The summed E-state index contributed by atoms with van der Waals surface area (Å²) < 4.78 is 0. The topological polar surface area (TPSA) is 36.4 Å². The van der Waals surface area contributed by atoms with Gasteiger partial charge in [-0.05, 0) is 34.9 Å². The highest BCUT2D eigenvalue weighted by Crippen LogP contribution is 2.05. The van der Waals surface area contributed by atoms with Crippen LogP contribution in [0.25, 0.3) is 0 Å². The molecule has 1 heterocycles. The van der Waals surface area contributed by atoms with Gasteiger partial charge in [-0.1, -0.05) is 29.8 Å². The third kappa shape index (κ3) is 5.50. The van der Waals surface area contributed by atoms with Gasteiger partial charge >= 0.3 is 0 Å². The van der Waals surface area contributed by atoms with Crippen LogP contribution in [0.5, 0.6) is 0 Å². The van der Waals surface area contributed by atoms with Gasteiger partial charge in [0.15, 0.2) is 5.96 Å². The van der Waals surface area contributed by atoms with Gasteiger partial charge in [0.2, 0.25) is 0 Å². The van der Waals surface area contributed by atoms with Crippen molar-refractivity contribution in [2.24, 2.45) is 4.99 Å². The Morgan fingerprint density at radius 1 is 1.05 bits per heavy atom. The normalized spacial score (nSPS) is 10.8. The number of hydrogen-bond donors (Lipinski definition) is 2. The first-order valence-corrected chi connectivity index (χ1v) is 7.23. The first kappa shape index (κ1) is 17.0. The highest BCUT2D eigenvalue weighted by Gasteiger charge is 1.99. The Bertz CT molecular complexity index is 521. The lowest BCUT2D eigenvalue weighted by Gasteiger charge is -2.11. The molecular weight excluding hydrogens is 381 g/mol. The molecule has 1 aromatic heterocycles. The molecular formula is C15H20IN3S. The molecule has 0 aliphatic carbocycles. The minimum absolute atomic E-state index is 0. The lowest BCUT2D eigenvalue weighted by Crippen LogP contribution is -2.36. The van der Waals surface area contributed by atoms with Crippen LogP contribution in [0.3, 0.4) is 0 Å². The van der Waals surface area contributed by atoms with E-state index in [1.807, 2.05) is 0 Å². The molecule has 20 heavy (non-hydrogen) atoms. The molecule has 0 fully saturated rings. The van der Waals surface area contributed by atoms with Crippen LogP contribution in [0.2, 0.25) is 0 Å². The Labute approximate surface area is 141 Å². The molecule has 108 valence electrons. The molecule has 0 aliphatic rings. The van der Waals surface area contributed by atoms with Crippen LogP contribution in [0.1, 0.15) is 16.7 Å². The van der Waals surface area contributed by atoms with E-state index in [1.54, 1.807) is 18.4 Å². The molecule has 2 rings (SSSR count). The van der Waals surface area contributed by atoms with Gasteiger partial charge in [0.1, 0.15) is 0 Å². The van der Waals surface area contributed by atoms with Gasteiger partial charge in [-0.15, -0.1) is 24.0 Å². The lowest BCUT2D eigenvalue weighted by molar-refractivity contribution is 0.810. The van der Waals surface area contributed by atoms with Crippen LogP contribution in [0, 0.1) is 6.92 Å². The molecule has 0 unspecified atom stereocenters. The van der Waals surface area contributed by atoms with Crippen molar-refractivity contribution in [1.82, 2.24) is 10.6 Å². The van der Waals surface area contributed by atoms with Crippen LogP contribution in [0.15, 0.2) is 46.1 Å². The SMILES string of the molecule is CN=C(NCc1ccc(C)cc1)NCc1ccsc1.I. The zero-order chi connectivity index (χ0) is 13.5. The third-order valence-electron chi connectivity index (χ3n) is 2.84. The van der Waals surface area contributed by atoms with E-state index in [-0.39, 0.29) is 24.0 Å². The van der Waals surface area contributed by atoms with Crippen LogP contribution in [0.4, 0.5) is 0 Å². The minimum atomic E-state index is 0. The van der Waals surface area contributed by atoms with Crippen molar-refractivity contribution in [3.05, 3.63) is 57.8 Å². The largest absolute Gasteiger partial charge is 0.352 e. The van der Waals surface area contributed by atoms with Gasteiger partial charge in [-0.3, -0.25) is 4.99 Å². The maximum atomic E-state index is 4.22. The maximum Gasteiger partial charge on any atom is 0.191 e. The van der Waals surface area contributed by atoms with Crippen molar-refractivity contribution < 1.29 is 0 Å². The fourth-order valence-electron chi connectivity index (χ4n) is 1.69. The molecule has 0 aliphatic heterocycles. The highest BCUT2D eigenvalue weighted by molar-refractivity contribution is 14.0. The Kier molecular flexibility index (Phi) is 7.61. The smallest absolute Gasteiger partial charge is 0.191 e. The van der Waals surface area contributed by atoms with Crippen molar-refractivity contribution in [3.63, 3.8) is 0 Å². The van der Waals surface area contributed by atoms with Crippen LogP contribution in [-0.2, 0) is 13.1 Å². The highest BCUT2D eigenvalue weighted by atomic mass is 127. The molecule has 0 radical (unpaired) electrons. The molecule has 1 aromatic carbocycles. The number of nitrogens with one attached hydrogen (secondary N) is 2. The predicted molar refractivity (Wildman–Crippen MR) is 98.0 cm³/mol. The Hall–Kier alpha value is -1.08. The Morgan fingerprint density at radius 3 is 2.25 bits per heavy atom. The summed E-state index contributed by atoms with van der Waals surface area (Å²) in [5.41, 5.74) is 3.82. The fraction of sp³-hybridized carbons (Fsp3) is 0.267. The van der Waals surface area contributed by atoms with Gasteiger partial charge in [-0.25, -0.2) is 0 Å². The number of hydrogen-bond acceptors (Lipinski definition) is 2. The summed E-state index contributed by atoms with van der Waals surface area (Å²) in [6.07, 6.45) is 0. The van der Waals surface area contributed by atoms with Crippen molar-refractivity contribution in [1.29, 1.82) is 0 Å². The molecule has 2 N–H and O–H groups in total. The van der Waals surface area contributed by atoms with Gasteiger partial charge in [0.05, 0.1) is 0 Å². The fourth-order valence-corrected chi connectivity index (χ4v) is 2.36. The van der Waals surface area contributed by atoms with Crippen LogP contribution in [-0.4, -0.2) is 13.0 Å². The summed E-state index contributed by atoms with van der Waals surface area (Å²) in [4.78, 5) is 4.22. The summed E-state index contributed by atoms with van der Waals surface area (Å²) in [6, 6.07) is 10.6. The standard InChI is InChI=1S/C15H19N3S.HI/c1-12-3-5-13(6-4-12)9-17-15(16-2)18-10-14-7-8-19-11-14;/h3-8,11H,9-10H2,1-2H3,(H2,16,17,18);1H. The van der Waals surface area contributed by atoms with Crippen molar-refractivity contribution in [2.75, 3.05) is 7.05 Å². The van der Waals surface area contributed by atoms with Crippen LogP contribution >= 0.6 is 35.3 Å². The van der Waals surface area contributed by atoms with E-state index in [1.165, 1.54) is 16.7 Å². The quantitative estimate of drug-likeness (QED) is 0.467. The number of halogens is 1. The second-order valence-corrected chi connectivity index (χ2v) is 5.18. The van der Waals surface area contributed by atoms with E-state index in [9.17, 15) is 0 Å². The minimum Gasteiger partial charge on any atom is -0.352 e. The molecule has 0 saturated carbocycles. The van der Waals surface area contributed by atoms with E-state index in [0.29, 0.717) is 0 Å². The second-order valence-electron chi connectivity index (χ2n) is 4.40. The Balaban J connectivity index is 0.00000200. The molecule has 0 saturated heterocycles. The van der Waals surface area contributed by atoms with Gasteiger partial charge in [0, 0.05) is 20.1 Å². The molecule has 0 amide bonds.